The first kappa shape index (κ1) is 19.7. The van der Waals surface area contributed by atoms with Crippen LogP contribution in [0.3, 0.4) is 0 Å². The molecule has 1 aliphatic rings. The van der Waals surface area contributed by atoms with Crippen molar-refractivity contribution in [3.05, 3.63) is 51.2 Å². The number of thiophene rings is 1. The van der Waals surface area contributed by atoms with Crippen LogP contribution in [0.1, 0.15) is 22.9 Å². The summed E-state index contributed by atoms with van der Waals surface area (Å²) in [4.78, 5) is 14.4. The molecule has 29 heavy (non-hydrogen) atoms. The van der Waals surface area contributed by atoms with Crippen LogP contribution in [0.4, 0.5) is 17.6 Å². The van der Waals surface area contributed by atoms with E-state index in [0.717, 1.165) is 17.4 Å². The van der Waals surface area contributed by atoms with Crippen molar-refractivity contribution in [2.75, 3.05) is 6.61 Å². The van der Waals surface area contributed by atoms with Gasteiger partial charge in [0.25, 0.3) is 0 Å². The van der Waals surface area contributed by atoms with E-state index in [-0.39, 0.29) is 39.9 Å². The molecule has 0 aliphatic carbocycles. The normalized spacial score (nSPS) is 16.0. The van der Waals surface area contributed by atoms with Gasteiger partial charge in [-0.3, -0.25) is 4.79 Å². The third-order valence-corrected chi connectivity index (χ3v) is 5.61. The van der Waals surface area contributed by atoms with Gasteiger partial charge in [-0.1, -0.05) is 11.6 Å². The highest BCUT2D eigenvalue weighted by atomic mass is 35.5. The zero-order valence-electron chi connectivity index (χ0n) is 14.2. The maximum atomic E-state index is 14.9. The van der Waals surface area contributed by atoms with Crippen molar-refractivity contribution in [2.45, 2.75) is 18.7 Å². The highest BCUT2D eigenvalue weighted by Gasteiger charge is 2.36. The fourth-order valence-electron chi connectivity index (χ4n) is 3.02. The molecule has 0 saturated carbocycles. The fraction of sp³-hybridized carbons (Fsp3) is 0.222. The van der Waals surface area contributed by atoms with Crippen molar-refractivity contribution >= 4 is 39.0 Å². The van der Waals surface area contributed by atoms with Crippen molar-refractivity contribution in [3.63, 3.8) is 0 Å². The predicted molar refractivity (Wildman–Crippen MR) is 96.2 cm³/mol. The van der Waals surface area contributed by atoms with Crippen LogP contribution in [0.5, 0.6) is 11.6 Å². The van der Waals surface area contributed by atoms with Gasteiger partial charge in [-0.25, -0.2) is 9.37 Å². The number of carboxylic acid groups (broad SMARTS) is 1. The second kappa shape index (κ2) is 7.03. The number of aromatic nitrogens is 1. The number of benzene rings is 1. The van der Waals surface area contributed by atoms with Gasteiger partial charge in [0.2, 0.25) is 5.88 Å². The Morgan fingerprint density at radius 3 is 2.86 bits per heavy atom. The fourth-order valence-corrected chi connectivity index (χ4v) is 4.42. The summed E-state index contributed by atoms with van der Waals surface area (Å²) in [7, 11) is 0. The molecule has 4 rings (SSSR count). The first-order valence-corrected chi connectivity index (χ1v) is 9.38. The summed E-state index contributed by atoms with van der Waals surface area (Å²) in [6.45, 7) is -0.145. The average molecular weight is 448 g/mol. The Kier molecular flexibility index (Phi) is 4.78. The lowest BCUT2D eigenvalue weighted by molar-refractivity contribution is -0.141. The number of ether oxygens (including phenoxy) is 2. The monoisotopic (exact) mass is 447 g/mol. The zero-order valence-corrected chi connectivity index (χ0v) is 15.8. The number of fused-ring (bicyclic) bond motifs is 2. The molecule has 1 aromatic carbocycles. The van der Waals surface area contributed by atoms with Gasteiger partial charge in [0.1, 0.15) is 12.3 Å². The third-order valence-electron chi connectivity index (χ3n) is 4.29. The van der Waals surface area contributed by atoms with E-state index in [0.29, 0.717) is 10.9 Å². The molecular weight excluding hydrogens is 438 g/mol. The number of alkyl halides is 3. The molecule has 0 amide bonds. The van der Waals surface area contributed by atoms with Gasteiger partial charge in [0.05, 0.1) is 21.7 Å². The van der Waals surface area contributed by atoms with E-state index in [1.807, 2.05) is 0 Å². The second-order valence-electron chi connectivity index (χ2n) is 6.21. The summed E-state index contributed by atoms with van der Waals surface area (Å²) in [5.74, 6) is -2.25. The number of halogens is 5. The molecule has 1 aliphatic heterocycles. The van der Waals surface area contributed by atoms with Crippen molar-refractivity contribution in [3.8, 4) is 11.6 Å². The van der Waals surface area contributed by atoms with E-state index >= 15 is 0 Å². The minimum absolute atomic E-state index is 0.110. The van der Waals surface area contributed by atoms with Gasteiger partial charge in [-0.15, -0.1) is 11.3 Å². The van der Waals surface area contributed by atoms with Crippen molar-refractivity contribution in [1.29, 1.82) is 0 Å². The first-order chi connectivity index (χ1) is 13.6. The zero-order chi connectivity index (χ0) is 20.9. The van der Waals surface area contributed by atoms with Gasteiger partial charge in [-0.2, -0.15) is 13.2 Å². The standard InChI is InChI=1S/C18H10ClF4NO4S/c19-9-4-10(15(20)16-14(9)7(6-29-16)3-13(25)26)28-11-5-27-17-8(11)1-2-12(24-17)18(21,22)23/h1-2,4,6,11H,3,5H2,(H,25,26)/t11-/m1/s1. The van der Waals surface area contributed by atoms with Crippen LogP contribution in [-0.4, -0.2) is 22.7 Å². The number of carboxylic acids is 1. The van der Waals surface area contributed by atoms with Gasteiger partial charge in [0.15, 0.2) is 17.7 Å². The molecule has 0 bridgehead atoms. The van der Waals surface area contributed by atoms with E-state index in [1.165, 1.54) is 17.5 Å². The van der Waals surface area contributed by atoms with Crippen LogP contribution < -0.4 is 9.47 Å². The van der Waals surface area contributed by atoms with E-state index in [1.54, 1.807) is 0 Å². The minimum atomic E-state index is -4.62. The lowest BCUT2D eigenvalue weighted by atomic mass is 10.1. The van der Waals surface area contributed by atoms with Gasteiger partial charge in [0, 0.05) is 11.5 Å². The van der Waals surface area contributed by atoms with Crippen LogP contribution in [0, 0.1) is 5.82 Å². The van der Waals surface area contributed by atoms with E-state index in [9.17, 15) is 22.4 Å². The highest BCUT2D eigenvalue weighted by molar-refractivity contribution is 7.17. The van der Waals surface area contributed by atoms with Crippen molar-refractivity contribution in [2.24, 2.45) is 0 Å². The molecule has 0 fully saturated rings. The Morgan fingerprint density at radius 2 is 2.17 bits per heavy atom. The molecule has 0 radical (unpaired) electrons. The Labute approximate surface area is 169 Å². The van der Waals surface area contributed by atoms with Crippen LogP contribution in [-0.2, 0) is 17.4 Å². The van der Waals surface area contributed by atoms with Crippen molar-refractivity contribution < 1.29 is 36.9 Å². The molecule has 11 heteroatoms. The summed E-state index contributed by atoms with van der Waals surface area (Å²) in [5.41, 5.74) is -0.463. The van der Waals surface area contributed by atoms with E-state index in [2.05, 4.69) is 4.98 Å². The number of nitrogens with zero attached hydrogens (tertiary/aromatic N) is 1. The molecule has 3 aromatic rings. The molecule has 3 heterocycles. The number of pyridine rings is 1. The topological polar surface area (TPSA) is 68.7 Å². The number of rotatable bonds is 4. The molecule has 1 atom stereocenters. The van der Waals surface area contributed by atoms with Gasteiger partial charge < -0.3 is 14.6 Å². The summed E-state index contributed by atoms with van der Waals surface area (Å²) < 4.78 is 64.2. The first-order valence-electron chi connectivity index (χ1n) is 8.12. The molecular formula is C18H10ClF4NO4S. The molecule has 5 nitrogen and oxygen atoms in total. The van der Waals surface area contributed by atoms with Crippen molar-refractivity contribution in [1.82, 2.24) is 4.98 Å². The molecule has 0 saturated heterocycles. The SMILES string of the molecule is O=C(O)Cc1csc2c(F)c(O[C@@H]3COc4nc(C(F)(F)F)ccc43)cc(Cl)c12. The average Bonchev–Trinajstić information content (AvgIpc) is 3.22. The summed E-state index contributed by atoms with van der Waals surface area (Å²) in [5, 5.41) is 10.9. The van der Waals surface area contributed by atoms with Gasteiger partial charge in [-0.05, 0) is 23.1 Å². The number of hydrogen-bond donors (Lipinski definition) is 1. The van der Waals surface area contributed by atoms with E-state index in [4.69, 9.17) is 26.2 Å². The molecule has 0 unspecified atom stereocenters. The minimum Gasteiger partial charge on any atom is -0.481 e. The lowest BCUT2D eigenvalue weighted by Gasteiger charge is -2.14. The third kappa shape index (κ3) is 3.58. The summed E-state index contributed by atoms with van der Waals surface area (Å²) >= 11 is 7.21. The Bertz CT molecular complexity index is 1130. The van der Waals surface area contributed by atoms with Gasteiger partial charge >= 0.3 is 12.1 Å². The van der Waals surface area contributed by atoms with Crippen LogP contribution in [0.2, 0.25) is 5.02 Å². The van der Waals surface area contributed by atoms with E-state index < -0.39 is 29.8 Å². The van der Waals surface area contributed by atoms with Crippen LogP contribution in [0.25, 0.3) is 10.1 Å². The summed E-state index contributed by atoms with van der Waals surface area (Å²) in [6, 6.07) is 3.19. The molecule has 152 valence electrons. The van der Waals surface area contributed by atoms with Crippen LogP contribution >= 0.6 is 22.9 Å². The van der Waals surface area contributed by atoms with Crippen LogP contribution in [0.15, 0.2) is 23.6 Å². The lowest BCUT2D eigenvalue weighted by Crippen LogP contribution is -2.10. The predicted octanol–water partition coefficient (Wildman–Crippen LogP) is 5.25. The second-order valence-corrected chi connectivity index (χ2v) is 7.50. The largest absolute Gasteiger partial charge is 0.481 e. The molecule has 1 N–H and O–H groups in total. The number of aliphatic carboxylic acids is 1. The Morgan fingerprint density at radius 1 is 1.41 bits per heavy atom. The Balaban J connectivity index is 1.67. The Hall–Kier alpha value is -2.59. The molecule has 0 spiro atoms. The maximum absolute atomic E-state index is 14.9. The number of hydrogen-bond acceptors (Lipinski definition) is 5. The smallest absolute Gasteiger partial charge is 0.433 e. The molecule has 2 aromatic heterocycles. The maximum Gasteiger partial charge on any atom is 0.433 e. The quantitative estimate of drug-likeness (QED) is 0.553. The summed E-state index contributed by atoms with van der Waals surface area (Å²) in [6.07, 6.45) is -5.80. The highest BCUT2D eigenvalue weighted by Crippen LogP contribution is 2.42. The number of carbonyl (C=O) groups is 1.